The van der Waals surface area contributed by atoms with Crippen LogP contribution in [0.5, 0.6) is 0 Å². The van der Waals surface area contributed by atoms with Crippen molar-refractivity contribution in [2.45, 2.75) is 19.4 Å². The number of hydrazone groups is 1. The molecule has 0 spiro atoms. The Bertz CT molecular complexity index is 897. The van der Waals surface area contributed by atoms with Crippen molar-refractivity contribution < 1.29 is 17.8 Å². The van der Waals surface area contributed by atoms with Gasteiger partial charge in [0, 0.05) is 17.0 Å². The molecular formula is C14H17ClN4O4S. The molecular weight excluding hydrogens is 356 g/mol. The number of amides is 1. The van der Waals surface area contributed by atoms with Gasteiger partial charge in [-0.2, -0.15) is 13.5 Å². The van der Waals surface area contributed by atoms with Crippen LogP contribution in [-0.4, -0.2) is 36.0 Å². The molecule has 2 aromatic rings. The Hall–Kier alpha value is -2.10. The molecule has 8 nitrogen and oxygen atoms in total. The van der Waals surface area contributed by atoms with Gasteiger partial charge in [-0.3, -0.25) is 9.35 Å². The van der Waals surface area contributed by atoms with Crippen molar-refractivity contribution >= 4 is 44.9 Å². The topological polar surface area (TPSA) is 127 Å². The Morgan fingerprint density at radius 3 is 2.79 bits per heavy atom. The summed E-state index contributed by atoms with van der Waals surface area (Å²) in [6, 6.07) is 5.74. The molecule has 0 saturated carbocycles. The first kappa shape index (κ1) is 18.2. The number of halogens is 1. The fourth-order valence-electron chi connectivity index (χ4n) is 2.64. The minimum Gasteiger partial charge on any atom is -0.336 e. The average Bonchev–Trinajstić information content (AvgIpc) is 2.89. The van der Waals surface area contributed by atoms with Crippen molar-refractivity contribution in [3.63, 3.8) is 0 Å². The minimum absolute atomic E-state index is 0.227. The van der Waals surface area contributed by atoms with Crippen molar-refractivity contribution in [1.82, 2.24) is 9.88 Å². The monoisotopic (exact) mass is 372 g/mol. The average molecular weight is 373 g/mol. The van der Waals surface area contributed by atoms with E-state index in [1.807, 2.05) is 22.8 Å². The summed E-state index contributed by atoms with van der Waals surface area (Å²) in [5, 5.41) is 7.39. The Labute approximate surface area is 144 Å². The van der Waals surface area contributed by atoms with E-state index in [0.29, 0.717) is 17.0 Å². The number of rotatable bonds is 2. The molecule has 10 heteroatoms. The second-order valence-corrected chi connectivity index (χ2v) is 7.11. The van der Waals surface area contributed by atoms with Crippen LogP contribution < -0.4 is 11.2 Å². The zero-order chi connectivity index (χ0) is 17.9. The number of nitrogens with zero attached hydrogens (tertiary/aromatic N) is 2. The molecule has 24 heavy (non-hydrogen) atoms. The normalized spacial score (nSPS) is 13.6. The van der Waals surface area contributed by atoms with Gasteiger partial charge in [0.25, 0.3) is 16.0 Å². The van der Waals surface area contributed by atoms with Gasteiger partial charge < -0.3 is 15.7 Å². The number of nitrogens with two attached hydrogens (primary N) is 1. The Kier molecular flexibility index (Phi) is 5.47. The SMILES string of the molecule is CS(=O)(=O)O.NN=CNC(=O)c1cc2c(Cl)ccc3c2n1CCC3. The van der Waals surface area contributed by atoms with Gasteiger partial charge in [0.1, 0.15) is 12.0 Å². The molecule has 1 aliphatic heterocycles. The van der Waals surface area contributed by atoms with Crippen LogP contribution >= 0.6 is 11.6 Å². The van der Waals surface area contributed by atoms with Gasteiger partial charge in [-0.25, -0.2) is 0 Å². The summed E-state index contributed by atoms with van der Waals surface area (Å²) in [5.41, 5.74) is 2.88. The molecule has 4 N–H and O–H groups in total. The van der Waals surface area contributed by atoms with Crippen LogP contribution in [0.4, 0.5) is 0 Å². The lowest BCUT2D eigenvalue weighted by molar-refractivity contribution is 0.0969. The maximum absolute atomic E-state index is 12.1. The molecule has 0 aliphatic carbocycles. The highest BCUT2D eigenvalue weighted by atomic mass is 35.5. The largest absolute Gasteiger partial charge is 0.336 e. The van der Waals surface area contributed by atoms with Crippen molar-refractivity contribution in [3.8, 4) is 0 Å². The molecule has 0 unspecified atom stereocenters. The highest BCUT2D eigenvalue weighted by Crippen LogP contribution is 2.33. The first-order valence-corrected chi connectivity index (χ1v) is 9.20. The summed E-state index contributed by atoms with van der Waals surface area (Å²) in [6.07, 6.45) is 3.93. The molecule has 1 aliphatic rings. The number of carbonyl (C=O) groups is 1. The van der Waals surface area contributed by atoms with Crippen LogP contribution in [-0.2, 0) is 23.1 Å². The predicted molar refractivity (Wildman–Crippen MR) is 92.9 cm³/mol. The molecule has 130 valence electrons. The van der Waals surface area contributed by atoms with Crippen LogP contribution in [0.3, 0.4) is 0 Å². The van der Waals surface area contributed by atoms with Crippen molar-refractivity contribution in [3.05, 3.63) is 34.5 Å². The molecule has 1 aromatic heterocycles. The third-order valence-electron chi connectivity index (χ3n) is 3.42. The summed E-state index contributed by atoms with van der Waals surface area (Å²) in [4.78, 5) is 12.1. The van der Waals surface area contributed by atoms with E-state index in [1.54, 1.807) is 0 Å². The van der Waals surface area contributed by atoms with Gasteiger partial charge in [0.15, 0.2) is 0 Å². The highest BCUT2D eigenvalue weighted by Gasteiger charge is 2.21. The summed E-state index contributed by atoms with van der Waals surface area (Å²) in [7, 11) is -3.67. The van der Waals surface area contributed by atoms with Crippen molar-refractivity contribution in [1.29, 1.82) is 0 Å². The smallest absolute Gasteiger partial charge is 0.273 e. The lowest BCUT2D eigenvalue weighted by atomic mass is 10.0. The van der Waals surface area contributed by atoms with Crippen LogP contribution in [0.15, 0.2) is 23.3 Å². The van der Waals surface area contributed by atoms with E-state index in [2.05, 4.69) is 10.4 Å². The third-order valence-corrected chi connectivity index (χ3v) is 3.75. The van der Waals surface area contributed by atoms with Crippen LogP contribution in [0, 0.1) is 0 Å². The quantitative estimate of drug-likeness (QED) is 0.241. The highest BCUT2D eigenvalue weighted by molar-refractivity contribution is 7.85. The maximum atomic E-state index is 12.1. The first-order valence-electron chi connectivity index (χ1n) is 6.98. The third kappa shape index (κ3) is 4.25. The number of hydrogen-bond donors (Lipinski definition) is 3. The lowest BCUT2D eigenvalue weighted by Gasteiger charge is -2.17. The Balaban J connectivity index is 0.000000368. The van der Waals surface area contributed by atoms with Crippen LogP contribution in [0.1, 0.15) is 22.5 Å². The van der Waals surface area contributed by atoms with E-state index >= 15 is 0 Å². The molecule has 0 saturated heterocycles. The Morgan fingerprint density at radius 2 is 2.17 bits per heavy atom. The van der Waals surface area contributed by atoms with Gasteiger partial charge in [-0.15, -0.1) is 0 Å². The second kappa shape index (κ2) is 7.20. The van der Waals surface area contributed by atoms with Crippen molar-refractivity contribution in [2.75, 3.05) is 6.26 Å². The molecule has 0 fully saturated rings. The van der Waals surface area contributed by atoms with Gasteiger partial charge in [0.2, 0.25) is 0 Å². The van der Waals surface area contributed by atoms with E-state index in [9.17, 15) is 13.2 Å². The summed E-state index contributed by atoms with van der Waals surface area (Å²) in [5.74, 6) is 4.76. The fourth-order valence-corrected chi connectivity index (χ4v) is 2.85. The summed E-state index contributed by atoms with van der Waals surface area (Å²) < 4.78 is 27.9. The molecule has 0 bridgehead atoms. The molecule has 2 heterocycles. The van der Waals surface area contributed by atoms with Gasteiger partial charge in [-0.05, 0) is 30.5 Å². The number of aryl methyl sites for hydroxylation is 2. The zero-order valence-corrected chi connectivity index (χ0v) is 14.4. The lowest BCUT2D eigenvalue weighted by Crippen LogP contribution is -2.25. The minimum atomic E-state index is -3.67. The van der Waals surface area contributed by atoms with E-state index in [1.165, 1.54) is 11.9 Å². The maximum Gasteiger partial charge on any atom is 0.273 e. The van der Waals surface area contributed by atoms with E-state index < -0.39 is 10.1 Å². The summed E-state index contributed by atoms with van der Waals surface area (Å²) >= 11 is 6.21. The first-order chi connectivity index (χ1) is 11.2. The predicted octanol–water partition coefficient (Wildman–Crippen LogP) is 1.38. The van der Waals surface area contributed by atoms with Gasteiger partial charge in [0.05, 0.1) is 11.8 Å². The number of aromatic nitrogens is 1. The van der Waals surface area contributed by atoms with E-state index in [4.69, 9.17) is 22.0 Å². The number of benzene rings is 1. The van der Waals surface area contributed by atoms with Crippen LogP contribution in [0.2, 0.25) is 5.02 Å². The summed E-state index contributed by atoms with van der Waals surface area (Å²) in [6.45, 7) is 0.819. The number of carbonyl (C=O) groups excluding carboxylic acids is 1. The molecule has 0 atom stereocenters. The molecule has 1 aromatic carbocycles. The van der Waals surface area contributed by atoms with Gasteiger partial charge >= 0.3 is 0 Å². The van der Waals surface area contributed by atoms with Crippen LogP contribution in [0.25, 0.3) is 10.9 Å². The molecule has 3 rings (SSSR count). The van der Waals surface area contributed by atoms with E-state index in [-0.39, 0.29) is 5.91 Å². The Morgan fingerprint density at radius 1 is 1.50 bits per heavy atom. The zero-order valence-electron chi connectivity index (χ0n) is 12.9. The standard InChI is InChI=1S/C13H13ClN4O.CH4O3S/c14-10-4-3-8-2-1-5-18-11(6-9(10)12(8)18)13(19)16-7-17-15;1-5(2,3)4/h3-4,6-7H,1-2,5,15H2,(H,16,17,19);1H3,(H,2,3,4). The number of hydrogen-bond acceptors (Lipinski definition) is 5. The van der Waals surface area contributed by atoms with E-state index in [0.717, 1.165) is 30.3 Å². The fraction of sp³-hybridized carbons (Fsp3) is 0.286. The second-order valence-electron chi connectivity index (χ2n) is 5.24. The van der Waals surface area contributed by atoms with Crippen molar-refractivity contribution in [2.24, 2.45) is 10.9 Å². The molecule has 0 radical (unpaired) electrons. The molecule has 1 amide bonds. The number of nitrogens with one attached hydrogen (secondary N) is 1. The van der Waals surface area contributed by atoms with Gasteiger partial charge in [-0.1, -0.05) is 17.7 Å².